The lowest BCUT2D eigenvalue weighted by Crippen LogP contribution is -2.34. The summed E-state index contributed by atoms with van der Waals surface area (Å²) in [6.07, 6.45) is 11.3. The summed E-state index contributed by atoms with van der Waals surface area (Å²) in [5.74, 6) is 1.54. The summed E-state index contributed by atoms with van der Waals surface area (Å²) in [4.78, 5) is 15.6. The van der Waals surface area contributed by atoms with E-state index in [1.54, 1.807) is 18.6 Å². The standard InChI is InChI=1S/C20H24N6O/c1-15-17(12-25(2)24-15)14-26-8-4-5-16(13-26)19-10-22-11-20(23-19)27-18-6-3-7-21-9-18/h3,6-7,9-12,16H,4-5,8,13-14H2,1-2H3/t16-/m1/s1. The number of hydrogen-bond acceptors (Lipinski definition) is 6. The van der Waals surface area contributed by atoms with Gasteiger partial charge in [-0.05, 0) is 38.4 Å². The van der Waals surface area contributed by atoms with Gasteiger partial charge >= 0.3 is 0 Å². The number of rotatable bonds is 5. The highest BCUT2D eigenvalue weighted by Crippen LogP contribution is 2.28. The molecule has 0 N–H and O–H groups in total. The van der Waals surface area contributed by atoms with E-state index < -0.39 is 0 Å². The fourth-order valence-corrected chi connectivity index (χ4v) is 3.62. The summed E-state index contributed by atoms with van der Waals surface area (Å²) in [7, 11) is 1.97. The van der Waals surface area contributed by atoms with Gasteiger partial charge in [-0.1, -0.05) is 0 Å². The molecule has 7 nitrogen and oxygen atoms in total. The second-order valence-corrected chi connectivity index (χ2v) is 7.06. The van der Waals surface area contributed by atoms with Crippen LogP contribution < -0.4 is 4.74 Å². The van der Waals surface area contributed by atoms with E-state index in [1.807, 2.05) is 30.1 Å². The molecule has 3 aromatic rings. The van der Waals surface area contributed by atoms with Crippen molar-refractivity contribution < 1.29 is 4.74 Å². The zero-order chi connectivity index (χ0) is 18.6. The molecule has 3 aromatic heterocycles. The van der Waals surface area contributed by atoms with Gasteiger partial charge in [-0.25, -0.2) is 4.98 Å². The molecule has 1 aliphatic heterocycles. The summed E-state index contributed by atoms with van der Waals surface area (Å²) in [6.45, 7) is 5.07. The number of piperidine rings is 1. The van der Waals surface area contributed by atoms with Crippen molar-refractivity contribution >= 4 is 0 Å². The average molecular weight is 364 g/mol. The Labute approximate surface area is 159 Å². The van der Waals surface area contributed by atoms with Crippen LogP contribution in [-0.2, 0) is 13.6 Å². The van der Waals surface area contributed by atoms with E-state index in [1.165, 1.54) is 5.56 Å². The molecule has 0 bridgehead atoms. The van der Waals surface area contributed by atoms with Crippen LogP contribution in [0.4, 0.5) is 0 Å². The third kappa shape index (κ3) is 4.31. The van der Waals surface area contributed by atoms with Gasteiger partial charge in [0, 0.05) is 50.2 Å². The molecule has 0 spiro atoms. The third-order valence-corrected chi connectivity index (χ3v) is 4.92. The Hall–Kier alpha value is -2.80. The van der Waals surface area contributed by atoms with Crippen LogP contribution in [0.15, 0.2) is 43.1 Å². The Balaban J connectivity index is 1.45. The predicted octanol–water partition coefficient (Wildman–Crippen LogP) is 3.09. The molecule has 1 atom stereocenters. The topological polar surface area (TPSA) is 69.0 Å². The van der Waals surface area contributed by atoms with Gasteiger partial charge in [-0.3, -0.25) is 19.5 Å². The molecule has 4 rings (SSSR count). The molecule has 0 amide bonds. The molecule has 1 saturated heterocycles. The highest BCUT2D eigenvalue weighted by Gasteiger charge is 2.24. The minimum absolute atomic E-state index is 0.362. The molecule has 0 aliphatic carbocycles. The molecule has 0 aromatic carbocycles. The van der Waals surface area contributed by atoms with Gasteiger partial charge in [0.25, 0.3) is 0 Å². The van der Waals surface area contributed by atoms with Crippen LogP contribution in [0.5, 0.6) is 11.6 Å². The Morgan fingerprint density at radius 3 is 2.93 bits per heavy atom. The van der Waals surface area contributed by atoms with Crippen molar-refractivity contribution in [1.29, 1.82) is 0 Å². The van der Waals surface area contributed by atoms with Crippen LogP contribution >= 0.6 is 0 Å². The molecule has 7 heteroatoms. The molecular weight excluding hydrogens is 340 g/mol. The number of nitrogens with zero attached hydrogens (tertiary/aromatic N) is 6. The molecule has 4 heterocycles. The average Bonchev–Trinajstić information content (AvgIpc) is 3.00. The first-order valence-electron chi connectivity index (χ1n) is 9.28. The van der Waals surface area contributed by atoms with Crippen molar-refractivity contribution in [3.05, 3.63) is 60.1 Å². The molecular formula is C20H24N6O. The number of aryl methyl sites for hydroxylation is 2. The van der Waals surface area contributed by atoms with Crippen molar-refractivity contribution in [2.45, 2.75) is 32.2 Å². The van der Waals surface area contributed by atoms with E-state index in [0.29, 0.717) is 17.5 Å². The number of aromatic nitrogens is 5. The Bertz CT molecular complexity index is 894. The number of hydrogen-bond donors (Lipinski definition) is 0. The monoisotopic (exact) mass is 364 g/mol. The quantitative estimate of drug-likeness (QED) is 0.693. The number of ether oxygens (including phenoxy) is 1. The number of pyridine rings is 1. The first-order chi connectivity index (χ1) is 13.2. The van der Waals surface area contributed by atoms with Crippen LogP contribution in [0.25, 0.3) is 0 Å². The minimum atomic E-state index is 0.362. The van der Waals surface area contributed by atoms with Crippen LogP contribution in [-0.4, -0.2) is 42.7 Å². The fourth-order valence-electron chi connectivity index (χ4n) is 3.62. The SMILES string of the molecule is Cc1nn(C)cc1CN1CCC[C@@H](c2cncc(Oc3cccnc3)n2)C1. The Morgan fingerprint density at radius 1 is 1.22 bits per heavy atom. The Morgan fingerprint density at radius 2 is 2.15 bits per heavy atom. The highest BCUT2D eigenvalue weighted by molar-refractivity contribution is 5.23. The van der Waals surface area contributed by atoms with Crippen molar-refractivity contribution in [3.63, 3.8) is 0 Å². The minimum Gasteiger partial charge on any atom is -0.436 e. The fraction of sp³-hybridized carbons (Fsp3) is 0.400. The summed E-state index contributed by atoms with van der Waals surface area (Å²) >= 11 is 0. The maximum Gasteiger partial charge on any atom is 0.238 e. The maximum absolute atomic E-state index is 5.79. The van der Waals surface area contributed by atoms with Gasteiger partial charge in [-0.2, -0.15) is 5.10 Å². The number of likely N-dealkylation sites (tertiary alicyclic amines) is 1. The van der Waals surface area contributed by atoms with Gasteiger partial charge in [0.2, 0.25) is 5.88 Å². The van der Waals surface area contributed by atoms with Crippen LogP contribution in [0.1, 0.15) is 35.7 Å². The van der Waals surface area contributed by atoms with E-state index in [9.17, 15) is 0 Å². The summed E-state index contributed by atoms with van der Waals surface area (Å²) in [5.41, 5.74) is 3.38. The van der Waals surface area contributed by atoms with Crippen molar-refractivity contribution in [2.75, 3.05) is 13.1 Å². The lowest BCUT2D eigenvalue weighted by atomic mass is 9.94. The first-order valence-corrected chi connectivity index (χ1v) is 9.28. The molecule has 27 heavy (non-hydrogen) atoms. The van der Waals surface area contributed by atoms with E-state index in [4.69, 9.17) is 9.72 Å². The van der Waals surface area contributed by atoms with Gasteiger partial charge < -0.3 is 4.74 Å². The van der Waals surface area contributed by atoms with Crippen LogP contribution in [0.3, 0.4) is 0 Å². The smallest absolute Gasteiger partial charge is 0.238 e. The van der Waals surface area contributed by atoms with Crippen molar-refractivity contribution in [1.82, 2.24) is 29.6 Å². The zero-order valence-corrected chi connectivity index (χ0v) is 15.7. The second-order valence-electron chi connectivity index (χ2n) is 7.06. The largest absolute Gasteiger partial charge is 0.436 e. The summed E-state index contributed by atoms with van der Waals surface area (Å²) in [6, 6.07) is 3.70. The van der Waals surface area contributed by atoms with E-state index in [-0.39, 0.29) is 0 Å². The molecule has 140 valence electrons. The van der Waals surface area contributed by atoms with Gasteiger partial charge in [0.1, 0.15) is 5.75 Å². The summed E-state index contributed by atoms with van der Waals surface area (Å²) in [5, 5.41) is 4.45. The first kappa shape index (κ1) is 17.6. The van der Waals surface area contributed by atoms with Crippen molar-refractivity contribution in [2.24, 2.45) is 7.05 Å². The highest BCUT2D eigenvalue weighted by atomic mass is 16.5. The molecule has 0 unspecified atom stereocenters. The van der Waals surface area contributed by atoms with Crippen LogP contribution in [0, 0.1) is 6.92 Å². The molecule has 0 radical (unpaired) electrons. The third-order valence-electron chi connectivity index (χ3n) is 4.92. The lowest BCUT2D eigenvalue weighted by molar-refractivity contribution is 0.197. The van der Waals surface area contributed by atoms with E-state index in [2.05, 4.69) is 33.1 Å². The molecule has 1 aliphatic rings. The molecule has 1 fully saturated rings. The summed E-state index contributed by atoms with van der Waals surface area (Å²) < 4.78 is 7.68. The molecule has 0 saturated carbocycles. The van der Waals surface area contributed by atoms with E-state index >= 15 is 0 Å². The van der Waals surface area contributed by atoms with E-state index in [0.717, 1.165) is 43.9 Å². The lowest BCUT2D eigenvalue weighted by Gasteiger charge is -2.32. The van der Waals surface area contributed by atoms with Gasteiger partial charge in [0.05, 0.1) is 23.8 Å². The van der Waals surface area contributed by atoms with Crippen LogP contribution in [0.2, 0.25) is 0 Å². The predicted molar refractivity (Wildman–Crippen MR) is 102 cm³/mol. The second kappa shape index (κ2) is 7.84. The maximum atomic E-state index is 5.79. The zero-order valence-electron chi connectivity index (χ0n) is 15.7. The van der Waals surface area contributed by atoms with Gasteiger partial charge in [0.15, 0.2) is 0 Å². The van der Waals surface area contributed by atoms with Gasteiger partial charge in [-0.15, -0.1) is 0 Å². The normalized spacial score (nSPS) is 17.8. The van der Waals surface area contributed by atoms with Crippen molar-refractivity contribution in [3.8, 4) is 11.6 Å². The Kier molecular flexibility index (Phi) is 5.11.